The Labute approximate surface area is 184 Å². The SMILES string of the molecule is C[C@H](OC(=O)[C@@H]1CC(=O)N(c2ccccc2Cl)C1)C(=O)Nc1ccc(S(N)(=O)=O)cc1. The summed E-state index contributed by atoms with van der Waals surface area (Å²) in [7, 11) is -3.84. The molecule has 3 rings (SSSR count). The van der Waals surface area contributed by atoms with Crippen LogP contribution in [0.2, 0.25) is 5.02 Å². The Morgan fingerprint density at radius 3 is 2.45 bits per heavy atom. The number of hydrogen-bond acceptors (Lipinski definition) is 6. The zero-order valence-corrected chi connectivity index (χ0v) is 18.0. The standard InChI is InChI=1S/C20H20ClN3O6S/c1-12(19(26)23-14-6-8-15(9-7-14)31(22,28)29)30-20(27)13-10-18(25)24(11-13)17-5-3-2-4-16(17)21/h2-9,12-13H,10-11H2,1H3,(H,23,26)(H2,22,28,29)/t12-,13+/m0/s1. The van der Waals surface area contributed by atoms with E-state index in [0.29, 0.717) is 16.4 Å². The van der Waals surface area contributed by atoms with Gasteiger partial charge < -0.3 is 15.0 Å². The van der Waals surface area contributed by atoms with Crippen molar-refractivity contribution < 1.29 is 27.5 Å². The maximum atomic E-state index is 12.5. The van der Waals surface area contributed by atoms with Gasteiger partial charge in [0.05, 0.1) is 21.5 Å². The summed E-state index contributed by atoms with van der Waals surface area (Å²) < 4.78 is 27.8. The maximum Gasteiger partial charge on any atom is 0.312 e. The van der Waals surface area contributed by atoms with E-state index in [0.717, 1.165) is 0 Å². The zero-order chi connectivity index (χ0) is 22.8. The van der Waals surface area contributed by atoms with Crippen molar-refractivity contribution in [3.63, 3.8) is 0 Å². The first kappa shape index (κ1) is 22.7. The molecule has 1 aliphatic heterocycles. The Bertz CT molecular complexity index is 1120. The summed E-state index contributed by atoms with van der Waals surface area (Å²) in [6, 6.07) is 12.0. The molecule has 164 valence electrons. The van der Waals surface area contributed by atoms with Crippen molar-refractivity contribution in [3.05, 3.63) is 53.6 Å². The van der Waals surface area contributed by atoms with Gasteiger partial charge in [-0.1, -0.05) is 23.7 Å². The molecule has 0 aliphatic carbocycles. The Hall–Kier alpha value is -2.95. The van der Waals surface area contributed by atoms with Crippen LogP contribution in [0.25, 0.3) is 0 Å². The average Bonchev–Trinajstić information content (AvgIpc) is 3.09. The van der Waals surface area contributed by atoms with Crippen LogP contribution in [0.3, 0.4) is 0 Å². The van der Waals surface area contributed by atoms with Gasteiger partial charge in [0, 0.05) is 18.7 Å². The molecule has 3 N–H and O–H groups in total. The van der Waals surface area contributed by atoms with Crippen LogP contribution in [0.4, 0.5) is 11.4 Å². The molecule has 0 unspecified atom stereocenters. The third-order valence-electron chi connectivity index (χ3n) is 4.71. The smallest absolute Gasteiger partial charge is 0.312 e. The first-order valence-electron chi connectivity index (χ1n) is 9.25. The lowest BCUT2D eigenvalue weighted by molar-refractivity contribution is -0.157. The fourth-order valence-electron chi connectivity index (χ4n) is 3.06. The molecule has 2 aromatic rings. The lowest BCUT2D eigenvalue weighted by Crippen LogP contribution is -2.33. The van der Waals surface area contributed by atoms with Crippen LogP contribution in [-0.2, 0) is 29.1 Å². The van der Waals surface area contributed by atoms with E-state index in [1.54, 1.807) is 24.3 Å². The van der Waals surface area contributed by atoms with Gasteiger partial charge in [0.2, 0.25) is 15.9 Å². The summed E-state index contributed by atoms with van der Waals surface area (Å²) >= 11 is 6.13. The number of benzene rings is 2. The highest BCUT2D eigenvalue weighted by Crippen LogP contribution is 2.31. The molecule has 2 amide bonds. The number of amides is 2. The number of carbonyl (C=O) groups excluding carboxylic acids is 3. The van der Waals surface area contributed by atoms with E-state index in [1.807, 2.05) is 0 Å². The van der Waals surface area contributed by atoms with Crippen LogP contribution in [0.5, 0.6) is 0 Å². The molecular formula is C20H20ClN3O6S. The largest absolute Gasteiger partial charge is 0.452 e. The Morgan fingerprint density at radius 2 is 1.84 bits per heavy atom. The molecule has 1 heterocycles. The molecule has 1 aliphatic rings. The number of anilines is 2. The molecule has 2 aromatic carbocycles. The minimum absolute atomic E-state index is 0.0482. The molecule has 31 heavy (non-hydrogen) atoms. The van der Waals surface area contributed by atoms with Gasteiger partial charge in [0.25, 0.3) is 5.91 Å². The van der Waals surface area contributed by atoms with E-state index in [1.165, 1.54) is 36.1 Å². The van der Waals surface area contributed by atoms with Gasteiger partial charge in [-0.3, -0.25) is 14.4 Å². The van der Waals surface area contributed by atoms with Crippen molar-refractivity contribution in [3.8, 4) is 0 Å². The van der Waals surface area contributed by atoms with Gasteiger partial charge in [-0.2, -0.15) is 0 Å². The molecule has 9 nitrogen and oxygen atoms in total. The molecule has 0 spiro atoms. The van der Waals surface area contributed by atoms with Crippen molar-refractivity contribution in [2.45, 2.75) is 24.3 Å². The summed E-state index contributed by atoms with van der Waals surface area (Å²) in [6.45, 7) is 1.50. The molecular weight excluding hydrogens is 446 g/mol. The van der Waals surface area contributed by atoms with Crippen molar-refractivity contribution in [1.82, 2.24) is 0 Å². The van der Waals surface area contributed by atoms with E-state index in [4.69, 9.17) is 21.5 Å². The predicted octanol–water partition coefficient (Wildman–Crippen LogP) is 1.91. The van der Waals surface area contributed by atoms with Crippen molar-refractivity contribution in [2.75, 3.05) is 16.8 Å². The first-order chi connectivity index (χ1) is 14.6. The van der Waals surface area contributed by atoms with E-state index < -0.39 is 33.9 Å². The highest BCUT2D eigenvalue weighted by molar-refractivity contribution is 7.89. The Morgan fingerprint density at radius 1 is 1.19 bits per heavy atom. The van der Waals surface area contributed by atoms with E-state index in [-0.39, 0.29) is 23.8 Å². The van der Waals surface area contributed by atoms with Crippen LogP contribution in [0, 0.1) is 5.92 Å². The molecule has 1 fully saturated rings. The number of ether oxygens (including phenoxy) is 1. The number of nitrogens with one attached hydrogen (secondary N) is 1. The maximum absolute atomic E-state index is 12.5. The normalized spacial score (nSPS) is 17.3. The number of sulfonamides is 1. The number of halogens is 1. The van der Waals surface area contributed by atoms with Gasteiger partial charge >= 0.3 is 5.97 Å². The number of primary sulfonamides is 1. The summed E-state index contributed by atoms with van der Waals surface area (Å²) in [5.41, 5.74) is 0.819. The fourth-order valence-corrected chi connectivity index (χ4v) is 3.82. The second-order valence-corrected chi connectivity index (χ2v) is 8.96. The summed E-state index contributed by atoms with van der Waals surface area (Å²) in [5, 5.41) is 7.94. The Balaban J connectivity index is 1.58. The number of nitrogens with two attached hydrogens (primary N) is 1. The first-order valence-corrected chi connectivity index (χ1v) is 11.2. The predicted molar refractivity (Wildman–Crippen MR) is 114 cm³/mol. The lowest BCUT2D eigenvalue weighted by atomic mass is 10.1. The fraction of sp³-hybridized carbons (Fsp3) is 0.250. The zero-order valence-electron chi connectivity index (χ0n) is 16.4. The molecule has 0 saturated carbocycles. The van der Waals surface area contributed by atoms with Crippen LogP contribution in [0.1, 0.15) is 13.3 Å². The minimum Gasteiger partial charge on any atom is -0.452 e. The van der Waals surface area contributed by atoms with Crippen LogP contribution in [-0.4, -0.2) is 38.9 Å². The second kappa shape index (κ2) is 9.04. The van der Waals surface area contributed by atoms with E-state index in [9.17, 15) is 22.8 Å². The number of esters is 1. The molecule has 0 bridgehead atoms. The molecule has 0 radical (unpaired) electrons. The third kappa shape index (κ3) is 5.40. The van der Waals surface area contributed by atoms with Crippen molar-refractivity contribution in [1.29, 1.82) is 0 Å². The number of para-hydroxylation sites is 1. The molecule has 1 saturated heterocycles. The highest BCUT2D eigenvalue weighted by Gasteiger charge is 2.38. The van der Waals surface area contributed by atoms with Crippen molar-refractivity contribution in [2.24, 2.45) is 11.1 Å². The van der Waals surface area contributed by atoms with Crippen molar-refractivity contribution >= 4 is 50.8 Å². The average molecular weight is 466 g/mol. The monoisotopic (exact) mass is 465 g/mol. The number of carbonyl (C=O) groups is 3. The minimum atomic E-state index is -3.84. The quantitative estimate of drug-likeness (QED) is 0.625. The summed E-state index contributed by atoms with van der Waals surface area (Å²) in [6.07, 6.45) is -1.18. The third-order valence-corrected chi connectivity index (χ3v) is 5.96. The highest BCUT2D eigenvalue weighted by atomic mass is 35.5. The number of nitrogens with zero attached hydrogens (tertiary/aromatic N) is 1. The topological polar surface area (TPSA) is 136 Å². The van der Waals surface area contributed by atoms with Gasteiger partial charge in [-0.05, 0) is 43.3 Å². The van der Waals surface area contributed by atoms with Gasteiger partial charge in [0.1, 0.15) is 0 Å². The van der Waals surface area contributed by atoms with E-state index >= 15 is 0 Å². The van der Waals surface area contributed by atoms with Crippen LogP contribution in [0.15, 0.2) is 53.4 Å². The number of hydrogen-bond donors (Lipinski definition) is 2. The van der Waals surface area contributed by atoms with Crippen LogP contribution >= 0.6 is 11.6 Å². The van der Waals surface area contributed by atoms with Gasteiger partial charge in [-0.25, -0.2) is 13.6 Å². The molecule has 2 atom stereocenters. The summed E-state index contributed by atoms with van der Waals surface area (Å²) in [4.78, 5) is 38.4. The molecule has 11 heteroatoms. The summed E-state index contributed by atoms with van der Waals surface area (Å²) in [5.74, 6) is -2.27. The second-order valence-electron chi connectivity index (χ2n) is 6.99. The van der Waals surface area contributed by atoms with Gasteiger partial charge in [-0.15, -0.1) is 0 Å². The number of rotatable bonds is 6. The van der Waals surface area contributed by atoms with Gasteiger partial charge in [0.15, 0.2) is 6.10 Å². The van der Waals surface area contributed by atoms with E-state index in [2.05, 4.69) is 5.32 Å². The lowest BCUT2D eigenvalue weighted by Gasteiger charge is -2.19. The van der Waals surface area contributed by atoms with Crippen LogP contribution < -0.4 is 15.4 Å². The Kier molecular flexibility index (Phi) is 6.63. The molecule has 0 aromatic heterocycles.